The third-order valence-electron chi connectivity index (χ3n) is 3.87. The van der Waals surface area contributed by atoms with E-state index in [9.17, 15) is 0 Å². The zero-order valence-corrected chi connectivity index (χ0v) is 10.8. The fourth-order valence-corrected chi connectivity index (χ4v) is 2.75. The quantitative estimate of drug-likeness (QED) is 0.742. The Morgan fingerprint density at radius 2 is 2.06 bits per heavy atom. The van der Waals surface area contributed by atoms with Crippen molar-refractivity contribution < 1.29 is 4.74 Å². The lowest BCUT2D eigenvalue weighted by Crippen LogP contribution is -2.02. The summed E-state index contributed by atoms with van der Waals surface area (Å²) in [7, 11) is 0. The lowest BCUT2D eigenvalue weighted by Gasteiger charge is -2.15. The van der Waals surface area contributed by atoms with Crippen molar-refractivity contribution in [3.63, 3.8) is 0 Å². The molecular weight excluding hydrogens is 196 g/mol. The summed E-state index contributed by atoms with van der Waals surface area (Å²) in [6.07, 6.45) is 2.30. The smallest absolute Gasteiger partial charge is 0.122 e. The van der Waals surface area contributed by atoms with E-state index in [0.717, 1.165) is 24.7 Å². The molecule has 2 unspecified atom stereocenters. The molecule has 1 nitrogen and oxygen atoms in total. The van der Waals surface area contributed by atoms with Crippen molar-refractivity contribution in [2.45, 2.75) is 46.5 Å². The molecule has 2 rings (SSSR count). The number of rotatable bonds is 3. The van der Waals surface area contributed by atoms with Crippen molar-refractivity contribution in [3.8, 4) is 5.75 Å². The second-order valence-corrected chi connectivity index (χ2v) is 5.08. The van der Waals surface area contributed by atoms with Gasteiger partial charge >= 0.3 is 0 Å². The maximum absolute atomic E-state index is 5.79. The van der Waals surface area contributed by atoms with Crippen LogP contribution in [0, 0.1) is 12.8 Å². The summed E-state index contributed by atoms with van der Waals surface area (Å²) < 4.78 is 5.79. The lowest BCUT2D eigenvalue weighted by molar-refractivity contribution is 0.314. The maximum atomic E-state index is 5.79. The molecule has 16 heavy (non-hydrogen) atoms. The Hall–Kier alpha value is -0.980. The molecule has 0 N–H and O–H groups in total. The fourth-order valence-electron chi connectivity index (χ4n) is 2.75. The Labute approximate surface area is 98.8 Å². The predicted molar refractivity (Wildman–Crippen MR) is 68.2 cm³/mol. The largest absolute Gasteiger partial charge is 0.493 e. The molecule has 0 heterocycles. The first kappa shape index (κ1) is 11.5. The van der Waals surface area contributed by atoms with Crippen LogP contribution in [-0.2, 0) is 6.42 Å². The van der Waals surface area contributed by atoms with Crippen LogP contribution in [0.2, 0.25) is 0 Å². The zero-order valence-electron chi connectivity index (χ0n) is 10.8. The highest BCUT2D eigenvalue weighted by atomic mass is 16.5. The molecule has 0 amide bonds. The highest BCUT2D eigenvalue weighted by Gasteiger charge is 2.28. The highest BCUT2D eigenvalue weighted by Crippen LogP contribution is 2.41. The molecule has 0 fully saturated rings. The molecule has 1 aromatic carbocycles. The third-order valence-corrected chi connectivity index (χ3v) is 3.87. The predicted octanol–water partition coefficient (Wildman–Crippen LogP) is 4.08. The Balaban J connectivity index is 2.33. The molecule has 0 aromatic heterocycles. The molecule has 1 aromatic rings. The molecule has 0 aliphatic heterocycles. The zero-order chi connectivity index (χ0) is 11.7. The van der Waals surface area contributed by atoms with Crippen molar-refractivity contribution >= 4 is 0 Å². The van der Waals surface area contributed by atoms with Crippen LogP contribution in [-0.4, -0.2) is 6.61 Å². The summed E-state index contributed by atoms with van der Waals surface area (Å²) in [5.41, 5.74) is 4.44. The summed E-state index contributed by atoms with van der Waals surface area (Å²) >= 11 is 0. The number of benzene rings is 1. The van der Waals surface area contributed by atoms with E-state index in [1.807, 2.05) is 0 Å². The molecule has 1 aliphatic rings. The Bertz CT molecular complexity index is 381. The number of ether oxygens (including phenoxy) is 1. The van der Waals surface area contributed by atoms with Crippen LogP contribution in [0.25, 0.3) is 0 Å². The van der Waals surface area contributed by atoms with Crippen molar-refractivity contribution in [3.05, 3.63) is 28.8 Å². The number of hydrogen-bond acceptors (Lipinski definition) is 1. The molecule has 0 spiro atoms. The summed E-state index contributed by atoms with van der Waals surface area (Å²) in [5.74, 6) is 2.54. The van der Waals surface area contributed by atoms with Gasteiger partial charge in [0.1, 0.15) is 5.75 Å². The van der Waals surface area contributed by atoms with E-state index >= 15 is 0 Å². The van der Waals surface area contributed by atoms with Gasteiger partial charge in [0.15, 0.2) is 0 Å². The van der Waals surface area contributed by atoms with Crippen molar-refractivity contribution in [1.29, 1.82) is 0 Å². The topological polar surface area (TPSA) is 9.23 Å². The summed E-state index contributed by atoms with van der Waals surface area (Å²) in [6.45, 7) is 9.86. The van der Waals surface area contributed by atoms with Gasteiger partial charge in [-0.15, -0.1) is 0 Å². The molecule has 0 saturated heterocycles. The molecule has 1 aliphatic carbocycles. The van der Waals surface area contributed by atoms with Gasteiger partial charge in [-0.3, -0.25) is 0 Å². The normalized spacial score (nSPS) is 23.2. The van der Waals surface area contributed by atoms with E-state index in [2.05, 4.69) is 39.8 Å². The van der Waals surface area contributed by atoms with Crippen LogP contribution in [0.4, 0.5) is 0 Å². The van der Waals surface area contributed by atoms with Crippen LogP contribution < -0.4 is 4.74 Å². The maximum Gasteiger partial charge on any atom is 0.122 e. The van der Waals surface area contributed by atoms with Gasteiger partial charge in [-0.2, -0.15) is 0 Å². The van der Waals surface area contributed by atoms with Crippen molar-refractivity contribution in [2.75, 3.05) is 6.61 Å². The summed E-state index contributed by atoms with van der Waals surface area (Å²) in [5, 5.41) is 0. The van der Waals surface area contributed by atoms with Gasteiger partial charge in [0.05, 0.1) is 6.61 Å². The van der Waals surface area contributed by atoms with Gasteiger partial charge in [-0.05, 0) is 54.4 Å². The molecular formula is C15H22O. The van der Waals surface area contributed by atoms with Crippen LogP contribution in [0.1, 0.15) is 49.8 Å². The van der Waals surface area contributed by atoms with E-state index in [-0.39, 0.29) is 0 Å². The third kappa shape index (κ3) is 1.83. The molecule has 88 valence electrons. The van der Waals surface area contributed by atoms with Gasteiger partial charge in [-0.1, -0.05) is 26.8 Å². The van der Waals surface area contributed by atoms with E-state index in [1.165, 1.54) is 17.5 Å². The highest BCUT2D eigenvalue weighted by molar-refractivity contribution is 5.49. The van der Waals surface area contributed by atoms with Crippen LogP contribution in [0.15, 0.2) is 12.1 Å². The average molecular weight is 218 g/mol. The van der Waals surface area contributed by atoms with E-state index < -0.39 is 0 Å². The van der Waals surface area contributed by atoms with Gasteiger partial charge < -0.3 is 4.74 Å². The van der Waals surface area contributed by atoms with Crippen LogP contribution in [0.5, 0.6) is 5.75 Å². The number of fused-ring (bicyclic) bond motifs is 1. The van der Waals surface area contributed by atoms with Gasteiger partial charge in [-0.25, -0.2) is 0 Å². The van der Waals surface area contributed by atoms with E-state index in [1.54, 1.807) is 5.56 Å². The minimum Gasteiger partial charge on any atom is -0.493 e. The molecule has 0 bridgehead atoms. The van der Waals surface area contributed by atoms with Gasteiger partial charge in [0, 0.05) is 0 Å². The first-order chi connectivity index (χ1) is 7.65. The Kier molecular flexibility index (Phi) is 3.22. The standard InChI is InChI=1S/C15H22O/c1-5-8-16-14-7-6-13-9-10(2)11(3)15(13)12(14)4/h6-7,10-11H,5,8-9H2,1-4H3. The van der Waals surface area contributed by atoms with E-state index in [0.29, 0.717) is 5.92 Å². The fraction of sp³-hybridized carbons (Fsp3) is 0.600. The Morgan fingerprint density at radius 1 is 1.31 bits per heavy atom. The lowest BCUT2D eigenvalue weighted by atomic mass is 9.93. The minimum atomic E-state index is 0.681. The second-order valence-electron chi connectivity index (χ2n) is 5.08. The van der Waals surface area contributed by atoms with Gasteiger partial charge in [0.25, 0.3) is 0 Å². The van der Waals surface area contributed by atoms with Gasteiger partial charge in [0.2, 0.25) is 0 Å². The SMILES string of the molecule is CCCOc1ccc2c(c1C)C(C)C(C)C2. The summed E-state index contributed by atoms with van der Waals surface area (Å²) in [6, 6.07) is 4.40. The van der Waals surface area contributed by atoms with Crippen molar-refractivity contribution in [1.82, 2.24) is 0 Å². The first-order valence-corrected chi connectivity index (χ1v) is 6.40. The Morgan fingerprint density at radius 3 is 2.75 bits per heavy atom. The van der Waals surface area contributed by atoms with Crippen LogP contribution >= 0.6 is 0 Å². The first-order valence-electron chi connectivity index (χ1n) is 6.40. The second kappa shape index (κ2) is 4.48. The molecule has 0 saturated carbocycles. The number of hydrogen-bond donors (Lipinski definition) is 0. The molecule has 0 radical (unpaired) electrons. The van der Waals surface area contributed by atoms with Crippen molar-refractivity contribution in [2.24, 2.45) is 5.92 Å². The monoisotopic (exact) mass is 218 g/mol. The molecule has 2 atom stereocenters. The average Bonchev–Trinajstić information content (AvgIpc) is 2.55. The molecule has 1 heteroatoms. The minimum absolute atomic E-state index is 0.681. The van der Waals surface area contributed by atoms with Crippen LogP contribution in [0.3, 0.4) is 0 Å². The van der Waals surface area contributed by atoms with E-state index in [4.69, 9.17) is 4.74 Å². The summed E-state index contributed by atoms with van der Waals surface area (Å²) in [4.78, 5) is 0.